The standard InChI is InChI=1S/C12H17N5S2/c1-17-11(9-3-2-4-13-5-9)15-16-12(17)18-7-10-6-14-8-19-10/h6,8-9,13H,2-5,7H2,1H3. The van der Waals surface area contributed by atoms with Gasteiger partial charge >= 0.3 is 0 Å². The number of hydrogen-bond donors (Lipinski definition) is 1. The van der Waals surface area contributed by atoms with Crippen LogP contribution in [0.25, 0.3) is 0 Å². The highest BCUT2D eigenvalue weighted by molar-refractivity contribution is 7.98. The third-order valence-corrected chi connectivity index (χ3v) is 5.39. The first kappa shape index (κ1) is 13.1. The van der Waals surface area contributed by atoms with E-state index in [0.717, 1.165) is 29.8 Å². The molecular weight excluding hydrogens is 278 g/mol. The minimum absolute atomic E-state index is 0.504. The molecule has 0 saturated carbocycles. The molecule has 0 aromatic carbocycles. The van der Waals surface area contributed by atoms with Crippen molar-refractivity contribution in [1.29, 1.82) is 0 Å². The summed E-state index contributed by atoms with van der Waals surface area (Å²) in [7, 11) is 2.07. The highest BCUT2D eigenvalue weighted by Crippen LogP contribution is 2.27. The molecule has 1 atom stereocenters. The molecule has 1 unspecified atom stereocenters. The van der Waals surface area contributed by atoms with Crippen molar-refractivity contribution in [3.63, 3.8) is 0 Å². The molecule has 19 heavy (non-hydrogen) atoms. The van der Waals surface area contributed by atoms with Crippen molar-refractivity contribution >= 4 is 23.1 Å². The summed E-state index contributed by atoms with van der Waals surface area (Å²) in [5, 5.41) is 13.1. The minimum Gasteiger partial charge on any atom is -0.316 e. The quantitative estimate of drug-likeness (QED) is 0.875. The van der Waals surface area contributed by atoms with Gasteiger partial charge in [0.25, 0.3) is 0 Å². The van der Waals surface area contributed by atoms with Crippen molar-refractivity contribution in [2.75, 3.05) is 13.1 Å². The number of piperidine rings is 1. The summed E-state index contributed by atoms with van der Waals surface area (Å²) in [5.41, 5.74) is 1.87. The molecule has 1 saturated heterocycles. The molecule has 2 aromatic heterocycles. The van der Waals surface area contributed by atoms with Gasteiger partial charge in [-0.3, -0.25) is 4.98 Å². The highest BCUT2D eigenvalue weighted by Gasteiger charge is 2.21. The van der Waals surface area contributed by atoms with Crippen molar-refractivity contribution < 1.29 is 0 Å². The Morgan fingerprint density at radius 1 is 1.53 bits per heavy atom. The zero-order valence-corrected chi connectivity index (χ0v) is 12.5. The summed E-state index contributed by atoms with van der Waals surface area (Å²) >= 11 is 3.41. The van der Waals surface area contributed by atoms with Gasteiger partial charge in [0.05, 0.1) is 5.51 Å². The number of hydrogen-bond acceptors (Lipinski definition) is 6. The fraction of sp³-hybridized carbons (Fsp3) is 0.583. The molecule has 3 heterocycles. The van der Waals surface area contributed by atoms with Gasteiger partial charge in [0.2, 0.25) is 0 Å². The van der Waals surface area contributed by atoms with Crippen LogP contribution in [0.3, 0.4) is 0 Å². The molecule has 2 aromatic rings. The predicted octanol–water partition coefficient (Wildman–Crippen LogP) is 2.03. The molecule has 1 N–H and O–H groups in total. The van der Waals surface area contributed by atoms with E-state index in [1.54, 1.807) is 23.1 Å². The van der Waals surface area contributed by atoms with Crippen LogP contribution in [0, 0.1) is 0 Å². The molecule has 1 aliphatic heterocycles. The van der Waals surface area contributed by atoms with Crippen molar-refractivity contribution in [1.82, 2.24) is 25.1 Å². The lowest BCUT2D eigenvalue weighted by Crippen LogP contribution is -2.29. The van der Waals surface area contributed by atoms with Crippen LogP contribution in [0.15, 0.2) is 16.9 Å². The van der Waals surface area contributed by atoms with E-state index in [0.29, 0.717) is 5.92 Å². The van der Waals surface area contributed by atoms with Crippen molar-refractivity contribution in [3.05, 3.63) is 22.4 Å². The molecule has 0 bridgehead atoms. The summed E-state index contributed by atoms with van der Waals surface area (Å²) in [6, 6.07) is 0. The topological polar surface area (TPSA) is 55.6 Å². The number of rotatable bonds is 4. The van der Waals surface area contributed by atoms with Crippen LogP contribution < -0.4 is 5.32 Å². The SMILES string of the molecule is Cn1c(SCc2cncs2)nnc1C1CCCNC1. The van der Waals surface area contributed by atoms with Crippen LogP contribution in [0.5, 0.6) is 0 Å². The van der Waals surface area contributed by atoms with E-state index in [1.165, 1.54) is 17.7 Å². The minimum atomic E-state index is 0.504. The molecule has 1 aliphatic rings. The van der Waals surface area contributed by atoms with Crippen molar-refractivity contribution in [3.8, 4) is 0 Å². The van der Waals surface area contributed by atoms with Gasteiger partial charge in [-0.1, -0.05) is 11.8 Å². The Morgan fingerprint density at radius 2 is 2.47 bits per heavy atom. The number of thioether (sulfide) groups is 1. The van der Waals surface area contributed by atoms with Gasteiger partial charge in [-0.15, -0.1) is 21.5 Å². The van der Waals surface area contributed by atoms with Gasteiger partial charge in [-0.25, -0.2) is 0 Å². The summed E-state index contributed by atoms with van der Waals surface area (Å²) in [5.74, 6) is 2.53. The Kier molecular flexibility index (Phi) is 4.15. The van der Waals surface area contributed by atoms with Gasteiger partial charge < -0.3 is 9.88 Å². The maximum atomic E-state index is 4.38. The maximum absolute atomic E-state index is 4.38. The molecule has 1 fully saturated rings. The van der Waals surface area contributed by atoms with E-state index in [4.69, 9.17) is 0 Å². The number of aromatic nitrogens is 4. The van der Waals surface area contributed by atoms with Crippen LogP contribution in [-0.4, -0.2) is 32.8 Å². The Morgan fingerprint density at radius 3 is 3.21 bits per heavy atom. The average molecular weight is 295 g/mol. The third kappa shape index (κ3) is 2.98. The summed E-state index contributed by atoms with van der Waals surface area (Å²) in [6.07, 6.45) is 4.35. The van der Waals surface area contributed by atoms with Crippen molar-refractivity contribution in [2.45, 2.75) is 29.7 Å². The predicted molar refractivity (Wildman–Crippen MR) is 77.5 cm³/mol. The Labute approximate surface area is 120 Å². The Hall–Kier alpha value is -0.920. The molecule has 5 nitrogen and oxygen atoms in total. The van der Waals surface area contributed by atoms with E-state index in [9.17, 15) is 0 Å². The zero-order valence-electron chi connectivity index (χ0n) is 10.9. The van der Waals surface area contributed by atoms with Crippen LogP contribution >= 0.6 is 23.1 Å². The van der Waals surface area contributed by atoms with E-state index >= 15 is 0 Å². The van der Waals surface area contributed by atoms with Crippen LogP contribution in [-0.2, 0) is 12.8 Å². The maximum Gasteiger partial charge on any atom is 0.191 e. The van der Waals surface area contributed by atoms with Crippen LogP contribution in [0.1, 0.15) is 29.5 Å². The van der Waals surface area contributed by atoms with E-state index in [1.807, 2.05) is 11.7 Å². The van der Waals surface area contributed by atoms with Gasteiger partial charge in [0.15, 0.2) is 5.16 Å². The third-order valence-electron chi connectivity index (χ3n) is 3.36. The van der Waals surface area contributed by atoms with E-state index in [2.05, 4.69) is 32.1 Å². The van der Waals surface area contributed by atoms with Gasteiger partial charge in [0.1, 0.15) is 5.82 Å². The van der Waals surface area contributed by atoms with Gasteiger partial charge in [0, 0.05) is 36.3 Å². The van der Waals surface area contributed by atoms with E-state index < -0.39 is 0 Å². The Bertz CT molecular complexity index is 516. The summed E-state index contributed by atoms with van der Waals surface area (Å²) in [6.45, 7) is 2.15. The first-order valence-corrected chi connectivity index (χ1v) is 8.31. The lowest BCUT2D eigenvalue weighted by molar-refractivity contribution is 0.436. The molecule has 3 rings (SSSR count). The summed E-state index contributed by atoms with van der Waals surface area (Å²) < 4.78 is 2.14. The Balaban J connectivity index is 1.67. The average Bonchev–Trinajstić information content (AvgIpc) is 3.07. The number of nitrogens with zero attached hydrogens (tertiary/aromatic N) is 4. The van der Waals surface area contributed by atoms with Gasteiger partial charge in [-0.05, 0) is 19.4 Å². The monoisotopic (exact) mass is 295 g/mol. The lowest BCUT2D eigenvalue weighted by atomic mass is 9.99. The fourth-order valence-electron chi connectivity index (χ4n) is 2.33. The first-order chi connectivity index (χ1) is 9.34. The second-order valence-corrected chi connectivity index (χ2v) is 6.61. The highest BCUT2D eigenvalue weighted by atomic mass is 32.2. The largest absolute Gasteiger partial charge is 0.316 e. The molecule has 7 heteroatoms. The smallest absolute Gasteiger partial charge is 0.191 e. The van der Waals surface area contributed by atoms with Gasteiger partial charge in [-0.2, -0.15) is 0 Å². The molecule has 0 aliphatic carbocycles. The molecule has 0 radical (unpaired) electrons. The second kappa shape index (κ2) is 6.02. The summed E-state index contributed by atoms with van der Waals surface area (Å²) in [4.78, 5) is 5.36. The molecule has 0 spiro atoms. The first-order valence-electron chi connectivity index (χ1n) is 6.45. The molecular formula is C12H17N5S2. The van der Waals surface area contributed by atoms with E-state index in [-0.39, 0.29) is 0 Å². The normalized spacial score (nSPS) is 19.7. The number of nitrogens with one attached hydrogen (secondary N) is 1. The van der Waals surface area contributed by atoms with Crippen LogP contribution in [0.2, 0.25) is 0 Å². The fourth-order valence-corrected chi connectivity index (χ4v) is 3.89. The van der Waals surface area contributed by atoms with Crippen molar-refractivity contribution in [2.24, 2.45) is 7.05 Å². The molecule has 102 valence electrons. The second-order valence-electron chi connectivity index (χ2n) is 4.70. The van der Waals surface area contributed by atoms with Crippen LogP contribution in [0.4, 0.5) is 0 Å². The lowest BCUT2D eigenvalue weighted by Gasteiger charge is -2.21. The zero-order chi connectivity index (χ0) is 13.1. The molecule has 0 amide bonds. The number of thiazole rings is 1.